The Hall–Kier alpha value is -1.51. The van der Waals surface area contributed by atoms with Crippen molar-refractivity contribution in [1.29, 1.82) is 0 Å². The van der Waals surface area contributed by atoms with Gasteiger partial charge in [-0.1, -0.05) is 0 Å². The maximum Gasteiger partial charge on any atom is 0.293 e. The topological polar surface area (TPSA) is 98.5 Å². The highest BCUT2D eigenvalue weighted by molar-refractivity contribution is 7.79. The molecular weight excluding hydrogens is 378 g/mol. The second-order valence-electron chi connectivity index (χ2n) is 8.66. The highest BCUT2D eigenvalue weighted by atomic mass is 32.2. The second kappa shape index (κ2) is 8.47. The molecule has 0 bridgehead atoms. The number of hydrogen-bond donors (Lipinski definition) is 1. The van der Waals surface area contributed by atoms with E-state index in [4.69, 9.17) is 0 Å². The molecule has 8 heteroatoms. The summed E-state index contributed by atoms with van der Waals surface area (Å²) in [4.78, 5) is 13.5. The number of hydrogen-bond acceptors (Lipinski definition) is 6. The minimum absolute atomic E-state index is 0.0586. The Morgan fingerprint density at radius 3 is 2.14 bits per heavy atom. The van der Waals surface area contributed by atoms with Crippen LogP contribution in [0.1, 0.15) is 51.4 Å². The largest absolute Gasteiger partial charge is 0.768 e. The number of rotatable bonds is 9. The number of nitro groups is 1. The lowest BCUT2D eigenvalue weighted by Gasteiger charge is -2.37. The Morgan fingerprint density at radius 1 is 1.04 bits per heavy atom. The minimum atomic E-state index is -2.47. The minimum Gasteiger partial charge on any atom is -0.768 e. The first kappa shape index (κ1) is 19.8. The third kappa shape index (κ3) is 5.10. The van der Waals surface area contributed by atoms with E-state index in [0.717, 1.165) is 43.6 Å². The number of benzene rings is 1. The van der Waals surface area contributed by atoms with Crippen LogP contribution >= 0.6 is 0 Å². The monoisotopic (exact) mass is 406 g/mol. The first-order chi connectivity index (χ1) is 13.5. The Labute approximate surface area is 168 Å². The first-order valence-corrected chi connectivity index (χ1v) is 11.5. The maximum atomic E-state index is 11.4. The van der Waals surface area contributed by atoms with Crippen LogP contribution in [0.25, 0.3) is 0 Å². The van der Waals surface area contributed by atoms with Crippen molar-refractivity contribution < 1.29 is 13.7 Å². The van der Waals surface area contributed by atoms with E-state index in [1.165, 1.54) is 50.9 Å². The van der Waals surface area contributed by atoms with Gasteiger partial charge in [0, 0.05) is 36.1 Å². The van der Waals surface area contributed by atoms with Gasteiger partial charge in [0.05, 0.1) is 4.92 Å². The van der Waals surface area contributed by atoms with E-state index < -0.39 is 16.0 Å². The molecule has 3 saturated carbocycles. The summed E-state index contributed by atoms with van der Waals surface area (Å²) < 4.78 is 22.2. The van der Waals surface area contributed by atoms with E-state index in [1.807, 2.05) is 0 Å². The smallest absolute Gasteiger partial charge is 0.293 e. The fourth-order valence-corrected chi connectivity index (χ4v) is 4.72. The number of nitrogens with zero attached hydrogens (tertiary/aromatic N) is 2. The first-order valence-electron chi connectivity index (χ1n) is 10.4. The van der Waals surface area contributed by atoms with Gasteiger partial charge in [0.1, 0.15) is 5.69 Å². The van der Waals surface area contributed by atoms with E-state index in [2.05, 4.69) is 10.2 Å². The van der Waals surface area contributed by atoms with E-state index in [-0.39, 0.29) is 16.6 Å². The summed E-state index contributed by atoms with van der Waals surface area (Å²) in [6.45, 7) is 2.50. The lowest BCUT2D eigenvalue weighted by Crippen LogP contribution is -2.42. The predicted octanol–water partition coefficient (Wildman–Crippen LogP) is 3.68. The molecule has 154 valence electrons. The second-order valence-corrected chi connectivity index (χ2v) is 9.60. The van der Waals surface area contributed by atoms with Gasteiger partial charge in [-0.2, -0.15) is 0 Å². The molecule has 1 atom stereocenters. The van der Waals surface area contributed by atoms with Gasteiger partial charge >= 0.3 is 0 Å². The summed E-state index contributed by atoms with van der Waals surface area (Å²) in [7, 11) is 0. The zero-order valence-electron chi connectivity index (χ0n) is 16.0. The number of anilines is 1. The van der Waals surface area contributed by atoms with Crippen LogP contribution in [0.3, 0.4) is 0 Å². The zero-order chi connectivity index (χ0) is 19.7. The van der Waals surface area contributed by atoms with Crippen LogP contribution in [0.2, 0.25) is 0 Å². The molecule has 1 N–H and O–H groups in total. The van der Waals surface area contributed by atoms with E-state index in [9.17, 15) is 18.9 Å². The summed E-state index contributed by atoms with van der Waals surface area (Å²) in [5, 5.41) is 14.7. The molecule has 4 rings (SSSR count). The Bertz CT molecular complexity index is 729. The molecular formula is C20H28N3O4S-. The summed E-state index contributed by atoms with van der Waals surface area (Å²) in [5.74, 6) is 1.81. The van der Waals surface area contributed by atoms with Crippen LogP contribution in [-0.4, -0.2) is 43.8 Å². The fraction of sp³-hybridized carbons (Fsp3) is 0.700. The van der Waals surface area contributed by atoms with Crippen molar-refractivity contribution in [3.05, 3.63) is 28.3 Å². The van der Waals surface area contributed by atoms with Gasteiger partial charge in [-0.3, -0.25) is 19.2 Å². The molecule has 0 amide bonds. The molecule has 3 aliphatic carbocycles. The van der Waals surface area contributed by atoms with Crippen LogP contribution in [0.5, 0.6) is 0 Å². The molecule has 28 heavy (non-hydrogen) atoms. The molecule has 0 heterocycles. The predicted molar refractivity (Wildman–Crippen MR) is 107 cm³/mol. The van der Waals surface area contributed by atoms with Crippen LogP contribution in [0, 0.1) is 22.0 Å². The number of nitro benzene ring substituents is 1. The quantitative estimate of drug-likeness (QED) is 0.382. The molecule has 0 aliphatic heterocycles. The highest BCUT2D eigenvalue weighted by Crippen LogP contribution is 2.37. The van der Waals surface area contributed by atoms with Crippen molar-refractivity contribution in [2.24, 2.45) is 11.8 Å². The van der Waals surface area contributed by atoms with E-state index >= 15 is 0 Å². The van der Waals surface area contributed by atoms with Gasteiger partial charge in [0.2, 0.25) is 0 Å². The molecule has 0 saturated heterocycles. The Kier molecular flexibility index (Phi) is 5.99. The molecule has 1 aromatic carbocycles. The lowest BCUT2D eigenvalue weighted by atomic mass is 9.89. The third-order valence-corrected chi connectivity index (χ3v) is 6.95. The van der Waals surface area contributed by atoms with Gasteiger partial charge in [-0.05, 0) is 86.4 Å². The SMILES string of the molecule is O=[N+]([O-])c1cc(S(=O)[O-])ccc1NC1CCC(N(CC2CC2)CC2CC2)CC1. The van der Waals surface area contributed by atoms with Crippen LogP contribution in [0.15, 0.2) is 23.1 Å². The fourth-order valence-electron chi connectivity index (χ4n) is 4.33. The summed E-state index contributed by atoms with van der Waals surface area (Å²) in [6, 6.07) is 4.89. The lowest BCUT2D eigenvalue weighted by molar-refractivity contribution is -0.384. The van der Waals surface area contributed by atoms with Crippen LogP contribution < -0.4 is 5.32 Å². The van der Waals surface area contributed by atoms with E-state index in [1.54, 1.807) is 0 Å². The average Bonchev–Trinajstić information content (AvgIpc) is 3.58. The average molecular weight is 407 g/mol. The van der Waals surface area contributed by atoms with Gasteiger partial charge in [0.25, 0.3) is 5.69 Å². The zero-order valence-corrected chi connectivity index (χ0v) is 16.9. The van der Waals surface area contributed by atoms with Gasteiger partial charge in [-0.25, -0.2) is 0 Å². The molecule has 1 aromatic rings. The van der Waals surface area contributed by atoms with Crippen LogP contribution in [0.4, 0.5) is 11.4 Å². The maximum absolute atomic E-state index is 11.4. The van der Waals surface area contributed by atoms with Crippen molar-refractivity contribution in [2.45, 2.75) is 68.3 Å². The van der Waals surface area contributed by atoms with Gasteiger partial charge < -0.3 is 9.87 Å². The Balaban J connectivity index is 1.35. The normalized spacial score (nSPS) is 26.2. The molecule has 3 fully saturated rings. The summed E-state index contributed by atoms with van der Waals surface area (Å²) in [6.07, 6.45) is 9.74. The number of nitrogens with one attached hydrogen (secondary N) is 1. The molecule has 0 radical (unpaired) electrons. The standard InChI is InChI=1S/C20H29N3O4S/c24-23(25)20-11-18(28(26)27)9-10-19(20)21-16-5-7-17(8-6-16)22(12-14-1-2-14)13-15-3-4-15/h9-11,14-17,21H,1-8,12-13H2,(H,26,27)/p-1. The highest BCUT2D eigenvalue weighted by Gasteiger charge is 2.34. The van der Waals surface area contributed by atoms with Gasteiger partial charge in [-0.15, -0.1) is 0 Å². The van der Waals surface area contributed by atoms with Crippen molar-refractivity contribution in [2.75, 3.05) is 18.4 Å². The van der Waals surface area contributed by atoms with Crippen molar-refractivity contribution in [1.82, 2.24) is 4.90 Å². The molecule has 0 spiro atoms. The molecule has 7 nitrogen and oxygen atoms in total. The molecule has 3 aliphatic rings. The van der Waals surface area contributed by atoms with Gasteiger partial charge in [0.15, 0.2) is 0 Å². The van der Waals surface area contributed by atoms with Crippen molar-refractivity contribution in [3.8, 4) is 0 Å². The van der Waals surface area contributed by atoms with Crippen molar-refractivity contribution in [3.63, 3.8) is 0 Å². The molecule has 0 aromatic heterocycles. The Morgan fingerprint density at radius 2 is 1.64 bits per heavy atom. The summed E-state index contributed by atoms with van der Waals surface area (Å²) in [5.41, 5.74) is 0.239. The molecule has 1 unspecified atom stereocenters. The summed E-state index contributed by atoms with van der Waals surface area (Å²) >= 11 is -2.47. The van der Waals surface area contributed by atoms with Crippen LogP contribution in [-0.2, 0) is 11.1 Å². The third-order valence-electron chi connectivity index (χ3n) is 6.31. The van der Waals surface area contributed by atoms with E-state index in [0.29, 0.717) is 11.7 Å². The van der Waals surface area contributed by atoms with Crippen molar-refractivity contribution >= 4 is 22.5 Å².